The van der Waals surface area contributed by atoms with Crippen molar-refractivity contribution in [2.75, 3.05) is 12.4 Å². The summed E-state index contributed by atoms with van der Waals surface area (Å²) in [5.74, 6) is 0.237. The van der Waals surface area contributed by atoms with Crippen molar-refractivity contribution in [2.45, 2.75) is 32.4 Å². The Labute approximate surface area is 170 Å². The third kappa shape index (κ3) is 5.81. The second kappa shape index (κ2) is 9.73. The molecule has 0 radical (unpaired) electrons. The summed E-state index contributed by atoms with van der Waals surface area (Å²) in [6.45, 7) is 2.33. The first-order chi connectivity index (χ1) is 14.0. The number of pyridine rings is 1. The molecule has 0 saturated heterocycles. The lowest BCUT2D eigenvalue weighted by Crippen LogP contribution is -2.40. The van der Waals surface area contributed by atoms with Crippen molar-refractivity contribution in [3.05, 3.63) is 66.0 Å². The maximum atomic E-state index is 12.4. The fraction of sp³-hybridized carbons (Fsp3) is 0.318. The largest absolute Gasteiger partial charge is 0.489 e. The van der Waals surface area contributed by atoms with Crippen molar-refractivity contribution < 1.29 is 19.1 Å². The molecule has 1 heterocycles. The van der Waals surface area contributed by atoms with Gasteiger partial charge in [-0.15, -0.1) is 0 Å². The van der Waals surface area contributed by atoms with Gasteiger partial charge in [0.2, 0.25) is 0 Å². The number of hydrogen-bond acceptors (Lipinski definition) is 5. The first-order valence-electron chi connectivity index (χ1n) is 9.49. The third-order valence-corrected chi connectivity index (χ3v) is 4.75. The van der Waals surface area contributed by atoms with Crippen LogP contribution in [0.25, 0.3) is 0 Å². The summed E-state index contributed by atoms with van der Waals surface area (Å²) in [7, 11) is 1.38. The summed E-state index contributed by atoms with van der Waals surface area (Å²) in [6, 6.07) is 8.77. The molecule has 0 unspecified atom stereocenters. The molecule has 1 aliphatic carbocycles. The predicted molar refractivity (Wildman–Crippen MR) is 110 cm³/mol. The molecule has 2 amide bonds. The molecular weight excluding hydrogens is 370 g/mol. The van der Waals surface area contributed by atoms with E-state index in [2.05, 4.69) is 15.6 Å². The molecule has 0 spiro atoms. The summed E-state index contributed by atoms with van der Waals surface area (Å²) in [6.07, 6.45) is 8.44. The van der Waals surface area contributed by atoms with E-state index in [0.29, 0.717) is 30.9 Å². The number of aromatic nitrogens is 1. The Morgan fingerprint density at radius 3 is 2.86 bits per heavy atom. The topological polar surface area (TPSA) is 89.5 Å². The highest BCUT2D eigenvalue weighted by atomic mass is 16.5. The standard InChI is InChI=1S/C22H25N3O4/c1-15-11-19(29-14-16-5-4-10-23-13-16)8-9-20(15)25-22(27)24-18-7-3-6-17(12-18)21(26)28-2/h3-5,7-11,13,17-18H,6,12,14H2,1-2H3,(H2,24,25,27)/t17-,18-/m1/s1. The molecule has 1 aliphatic rings. The molecule has 2 N–H and O–H groups in total. The number of aryl methyl sites for hydroxylation is 1. The highest BCUT2D eigenvalue weighted by Crippen LogP contribution is 2.23. The van der Waals surface area contributed by atoms with Gasteiger partial charge >= 0.3 is 12.0 Å². The van der Waals surface area contributed by atoms with Gasteiger partial charge in [-0.25, -0.2) is 4.79 Å². The number of benzene rings is 1. The van der Waals surface area contributed by atoms with Crippen molar-refractivity contribution in [3.63, 3.8) is 0 Å². The molecule has 0 aliphatic heterocycles. The summed E-state index contributed by atoms with van der Waals surface area (Å²) >= 11 is 0. The number of hydrogen-bond donors (Lipinski definition) is 2. The van der Waals surface area contributed by atoms with Gasteiger partial charge in [-0.2, -0.15) is 0 Å². The smallest absolute Gasteiger partial charge is 0.319 e. The number of amides is 2. The van der Waals surface area contributed by atoms with Gasteiger partial charge in [0.15, 0.2) is 0 Å². The summed E-state index contributed by atoms with van der Waals surface area (Å²) in [4.78, 5) is 28.1. The molecule has 0 fully saturated rings. The molecule has 152 valence electrons. The Morgan fingerprint density at radius 1 is 1.28 bits per heavy atom. The van der Waals surface area contributed by atoms with Crippen LogP contribution in [0.1, 0.15) is 24.0 Å². The van der Waals surface area contributed by atoms with Crippen LogP contribution in [0.15, 0.2) is 54.9 Å². The molecule has 1 aromatic carbocycles. The number of nitrogens with one attached hydrogen (secondary N) is 2. The van der Waals surface area contributed by atoms with Gasteiger partial charge in [0.1, 0.15) is 12.4 Å². The van der Waals surface area contributed by atoms with Crippen molar-refractivity contribution in [1.82, 2.24) is 10.3 Å². The number of esters is 1. The van der Waals surface area contributed by atoms with Gasteiger partial charge in [0, 0.05) is 29.7 Å². The van der Waals surface area contributed by atoms with Crippen LogP contribution in [-0.4, -0.2) is 30.1 Å². The molecule has 1 aromatic heterocycles. The van der Waals surface area contributed by atoms with Gasteiger partial charge < -0.3 is 20.1 Å². The van der Waals surface area contributed by atoms with Gasteiger partial charge in [0.25, 0.3) is 0 Å². The number of methoxy groups -OCH3 is 1. The van der Waals surface area contributed by atoms with E-state index >= 15 is 0 Å². The fourth-order valence-electron chi connectivity index (χ4n) is 3.20. The van der Waals surface area contributed by atoms with Crippen molar-refractivity contribution in [1.29, 1.82) is 0 Å². The summed E-state index contributed by atoms with van der Waals surface area (Å²) in [5.41, 5.74) is 2.56. The van der Waals surface area contributed by atoms with Crippen LogP contribution in [0.4, 0.5) is 10.5 Å². The van der Waals surface area contributed by atoms with Crippen LogP contribution < -0.4 is 15.4 Å². The van der Waals surface area contributed by atoms with E-state index in [1.807, 2.05) is 43.3 Å². The second-order valence-electron chi connectivity index (χ2n) is 6.95. The minimum absolute atomic E-state index is 0.213. The number of urea groups is 1. The minimum atomic E-state index is -0.322. The van der Waals surface area contributed by atoms with E-state index in [9.17, 15) is 9.59 Å². The molecule has 3 rings (SSSR count). The normalized spacial score (nSPS) is 18.0. The van der Waals surface area contributed by atoms with E-state index in [-0.39, 0.29) is 24.0 Å². The van der Waals surface area contributed by atoms with Gasteiger partial charge in [-0.1, -0.05) is 18.2 Å². The van der Waals surface area contributed by atoms with E-state index in [0.717, 1.165) is 11.1 Å². The van der Waals surface area contributed by atoms with Crippen LogP contribution >= 0.6 is 0 Å². The van der Waals surface area contributed by atoms with Crippen LogP contribution in [-0.2, 0) is 16.1 Å². The van der Waals surface area contributed by atoms with Crippen molar-refractivity contribution in [2.24, 2.45) is 5.92 Å². The maximum Gasteiger partial charge on any atom is 0.319 e. The highest BCUT2D eigenvalue weighted by Gasteiger charge is 2.25. The van der Waals surface area contributed by atoms with Gasteiger partial charge in [-0.05, 0) is 49.6 Å². The zero-order chi connectivity index (χ0) is 20.6. The van der Waals surface area contributed by atoms with Gasteiger partial charge in [-0.3, -0.25) is 9.78 Å². The first kappa shape index (κ1) is 20.4. The molecule has 0 bridgehead atoms. The monoisotopic (exact) mass is 395 g/mol. The highest BCUT2D eigenvalue weighted by molar-refractivity contribution is 5.90. The predicted octanol–water partition coefficient (Wildman–Crippen LogP) is 3.60. The van der Waals surface area contributed by atoms with E-state index in [1.54, 1.807) is 18.5 Å². The van der Waals surface area contributed by atoms with Crippen LogP contribution in [0.5, 0.6) is 5.75 Å². The average molecular weight is 395 g/mol. The van der Waals surface area contributed by atoms with Crippen molar-refractivity contribution >= 4 is 17.7 Å². The number of allylic oxidation sites excluding steroid dienone is 1. The summed E-state index contributed by atoms with van der Waals surface area (Å²) in [5, 5.41) is 5.73. The number of anilines is 1. The zero-order valence-electron chi connectivity index (χ0n) is 16.6. The molecule has 7 nitrogen and oxygen atoms in total. The quantitative estimate of drug-likeness (QED) is 0.576. The molecule has 7 heteroatoms. The Morgan fingerprint density at radius 2 is 2.14 bits per heavy atom. The number of nitrogens with zero attached hydrogens (tertiary/aromatic N) is 1. The number of carbonyl (C=O) groups is 2. The van der Waals surface area contributed by atoms with E-state index in [4.69, 9.17) is 9.47 Å². The lowest BCUT2D eigenvalue weighted by Gasteiger charge is -2.24. The Kier molecular flexibility index (Phi) is 6.84. The third-order valence-electron chi connectivity index (χ3n) is 4.75. The maximum absolute atomic E-state index is 12.4. The fourth-order valence-corrected chi connectivity index (χ4v) is 3.20. The number of rotatable bonds is 6. The zero-order valence-corrected chi connectivity index (χ0v) is 16.6. The first-order valence-corrected chi connectivity index (χ1v) is 9.49. The van der Waals surface area contributed by atoms with Crippen LogP contribution in [0.2, 0.25) is 0 Å². The lowest BCUT2D eigenvalue weighted by atomic mass is 9.91. The number of carbonyl (C=O) groups excluding carboxylic acids is 2. The average Bonchev–Trinajstić information content (AvgIpc) is 2.74. The molecule has 0 saturated carbocycles. The Hall–Kier alpha value is -3.35. The van der Waals surface area contributed by atoms with E-state index in [1.165, 1.54) is 7.11 Å². The Balaban J connectivity index is 1.53. The van der Waals surface area contributed by atoms with Gasteiger partial charge in [0.05, 0.1) is 13.0 Å². The number of ether oxygens (including phenoxy) is 2. The molecule has 2 aromatic rings. The molecule has 29 heavy (non-hydrogen) atoms. The molecule has 2 atom stereocenters. The SMILES string of the molecule is COC(=O)[C@@H]1CC=C[C@@H](NC(=O)Nc2ccc(OCc3cccnc3)cc2C)C1. The van der Waals surface area contributed by atoms with Crippen molar-refractivity contribution in [3.8, 4) is 5.75 Å². The summed E-state index contributed by atoms with van der Waals surface area (Å²) < 4.78 is 10.6. The minimum Gasteiger partial charge on any atom is -0.489 e. The second-order valence-corrected chi connectivity index (χ2v) is 6.95. The Bertz CT molecular complexity index is 883. The van der Waals surface area contributed by atoms with E-state index < -0.39 is 0 Å². The van der Waals surface area contributed by atoms with Crippen LogP contribution in [0.3, 0.4) is 0 Å². The van der Waals surface area contributed by atoms with Crippen LogP contribution in [0, 0.1) is 12.8 Å². The lowest BCUT2D eigenvalue weighted by molar-refractivity contribution is -0.145. The molecular formula is C22H25N3O4.